The van der Waals surface area contributed by atoms with Crippen molar-refractivity contribution in [1.82, 2.24) is 5.32 Å². The molecule has 20 heavy (non-hydrogen) atoms. The lowest BCUT2D eigenvalue weighted by atomic mass is 10.1. The maximum atomic E-state index is 11.7. The van der Waals surface area contributed by atoms with E-state index >= 15 is 0 Å². The molecule has 104 valence electrons. The first-order valence-electron chi connectivity index (χ1n) is 6.36. The van der Waals surface area contributed by atoms with Crippen LogP contribution in [0.4, 0.5) is 5.69 Å². The maximum Gasteiger partial charge on any atom is 0.335 e. The molecule has 2 N–H and O–H groups in total. The van der Waals surface area contributed by atoms with Crippen LogP contribution in [0.2, 0.25) is 0 Å². The molecule has 0 unspecified atom stereocenters. The Hall–Kier alpha value is -2.55. The number of anilines is 1. The van der Waals surface area contributed by atoms with Gasteiger partial charge < -0.3 is 15.3 Å². The highest BCUT2D eigenvalue weighted by Gasteiger charge is 2.22. The minimum atomic E-state index is -0.944. The van der Waals surface area contributed by atoms with E-state index in [1.165, 1.54) is 0 Å². The van der Waals surface area contributed by atoms with Gasteiger partial charge in [-0.05, 0) is 30.2 Å². The van der Waals surface area contributed by atoms with Crippen molar-refractivity contribution in [3.8, 4) is 6.07 Å². The van der Waals surface area contributed by atoms with Crippen LogP contribution in [0.1, 0.15) is 22.3 Å². The molecule has 0 aliphatic carbocycles. The average Bonchev–Trinajstić information content (AvgIpc) is 2.81. The van der Waals surface area contributed by atoms with E-state index in [-0.39, 0.29) is 18.0 Å². The zero-order chi connectivity index (χ0) is 14.5. The summed E-state index contributed by atoms with van der Waals surface area (Å²) in [6.45, 7) is 1.28. The second kappa shape index (κ2) is 6.06. The van der Waals surface area contributed by atoms with Gasteiger partial charge in [-0.25, -0.2) is 4.79 Å². The summed E-state index contributed by atoms with van der Waals surface area (Å²) in [5, 5.41) is 20.0. The first kappa shape index (κ1) is 13.9. The standard InChI is InChI=1S/C14H15N3O3/c15-5-1-6-16-13(18)9-17-7-4-10-8-11(14(19)20)2-3-12(10)17/h2-3,8H,1,4,6-7,9H2,(H,16,18)(H,19,20). The second-order valence-electron chi connectivity index (χ2n) is 4.58. The normalized spacial score (nSPS) is 12.7. The smallest absolute Gasteiger partial charge is 0.335 e. The third-order valence-corrected chi connectivity index (χ3v) is 3.21. The van der Waals surface area contributed by atoms with Gasteiger partial charge in [0.05, 0.1) is 24.6 Å². The van der Waals surface area contributed by atoms with Crippen LogP contribution in [0.3, 0.4) is 0 Å². The number of hydrogen-bond donors (Lipinski definition) is 2. The van der Waals surface area contributed by atoms with Gasteiger partial charge in [-0.1, -0.05) is 0 Å². The Morgan fingerprint density at radius 3 is 2.95 bits per heavy atom. The number of benzene rings is 1. The van der Waals surface area contributed by atoms with Crippen molar-refractivity contribution >= 4 is 17.6 Å². The van der Waals surface area contributed by atoms with Gasteiger partial charge in [-0.3, -0.25) is 4.79 Å². The number of hydrogen-bond acceptors (Lipinski definition) is 4. The summed E-state index contributed by atoms with van der Waals surface area (Å²) in [5.74, 6) is -1.07. The lowest BCUT2D eigenvalue weighted by molar-refractivity contribution is -0.119. The van der Waals surface area contributed by atoms with Crippen LogP contribution in [-0.2, 0) is 11.2 Å². The molecule has 0 spiro atoms. The Kier molecular flexibility index (Phi) is 4.20. The minimum absolute atomic E-state index is 0.129. The predicted octanol–water partition coefficient (Wildman–Crippen LogP) is 0.777. The van der Waals surface area contributed by atoms with Gasteiger partial charge in [0, 0.05) is 18.8 Å². The molecule has 1 amide bonds. The number of nitrogens with one attached hydrogen (secondary N) is 1. The van der Waals surface area contributed by atoms with E-state index in [9.17, 15) is 9.59 Å². The van der Waals surface area contributed by atoms with Gasteiger partial charge in [-0.15, -0.1) is 0 Å². The van der Waals surface area contributed by atoms with Gasteiger partial charge in [-0.2, -0.15) is 5.26 Å². The fourth-order valence-corrected chi connectivity index (χ4v) is 2.25. The number of carboxylic acid groups (broad SMARTS) is 1. The van der Waals surface area contributed by atoms with Crippen LogP contribution in [0.15, 0.2) is 18.2 Å². The van der Waals surface area contributed by atoms with Gasteiger partial charge in [0.15, 0.2) is 0 Å². The van der Waals surface area contributed by atoms with Crippen molar-refractivity contribution in [2.24, 2.45) is 0 Å². The largest absolute Gasteiger partial charge is 0.478 e. The number of aromatic carboxylic acids is 1. The van der Waals surface area contributed by atoms with Crippen LogP contribution < -0.4 is 10.2 Å². The Labute approximate surface area is 116 Å². The molecule has 1 heterocycles. The Balaban J connectivity index is 2.00. The molecule has 1 aliphatic rings. The number of rotatable bonds is 5. The molecule has 0 bridgehead atoms. The SMILES string of the molecule is N#CCCNC(=O)CN1CCc2cc(C(=O)O)ccc21. The van der Waals surface area contributed by atoms with Crippen LogP contribution >= 0.6 is 0 Å². The third-order valence-electron chi connectivity index (χ3n) is 3.21. The fourth-order valence-electron chi connectivity index (χ4n) is 2.25. The quantitative estimate of drug-likeness (QED) is 0.773. The van der Waals surface area contributed by atoms with Crippen molar-refractivity contribution < 1.29 is 14.7 Å². The van der Waals surface area contributed by atoms with E-state index in [0.29, 0.717) is 19.5 Å². The first-order chi connectivity index (χ1) is 9.61. The number of nitrogens with zero attached hydrogens (tertiary/aromatic N) is 2. The Bertz CT molecular complexity index is 578. The molecule has 1 aromatic rings. The summed E-state index contributed by atoms with van der Waals surface area (Å²) in [4.78, 5) is 24.5. The molecule has 1 aromatic carbocycles. The van der Waals surface area contributed by atoms with E-state index < -0.39 is 5.97 Å². The number of carboxylic acids is 1. The van der Waals surface area contributed by atoms with Crippen molar-refractivity contribution in [2.45, 2.75) is 12.8 Å². The fraction of sp³-hybridized carbons (Fsp3) is 0.357. The zero-order valence-electron chi connectivity index (χ0n) is 10.9. The molecule has 6 heteroatoms. The highest BCUT2D eigenvalue weighted by atomic mass is 16.4. The lowest BCUT2D eigenvalue weighted by Crippen LogP contribution is -2.36. The zero-order valence-corrected chi connectivity index (χ0v) is 10.9. The molecule has 0 fully saturated rings. The summed E-state index contributed by atoms with van der Waals surface area (Å²) >= 11 is 0. The van der Waals surface area contributed by atoms with E-state index in [1.807, 2.05) is 11.0 Å². The average molecular weight is 273 g/mol. The summed E-state index contributed by atoms with van der Waals surface area (Å²) in [7, 11) is 0. The number of amides is 1. The Morgan fingerprint density at radius 2 is 2.25 bits per heavy atom. The molecule has 2 rings (SSSR count). The summed E-state index contributed by atoms with van der Waals surface area (Å²) in [6.07, 6.45) is 1.03. The number of nitriles is 1. The number of fused-ring (bicyclic) bond motifs is 1. The molecule has 0 saturated carbocycles. The first-order valence-corrected chi connectivity index (χ1v) is 6.36. The topological polar surface area (TPSA) is 93.4 Å². The second-order valence-corrected chi connectivity index (χ2v) is 4.58. The lowest BCUT2D eigenvalue weighted by Gasteiger charge is -2.18. The molecule has 6 nitrogen and oxygen atoms in total. The maximum absolute atomic E-state index is 11.7. The Morgan fingerprint density at radius 1 is 1.45 bits per heavy atom. The summed E-state index contributed by atoms with van der Waals surface area (Å²) in [5.41, 5.74) is 2.13. The van der Waals surface area contributed by atoms with E-state index in [4.69, 9.17) is 10.4 Å². The van der Waals surface area contributed by atoms with Crippen molar-refractivity contribution in [3.05, 3.63) is 29.3 Å². The van der Waals surface area contributed by atoms with Gasteiger partial charge in [0.25, 0.3) is 0 Å². The highest BCUT2D eigenvalue weighted by molar-refractivity contribution is 5.89. The molecular weight excluding hydrogens is 258 g/mol. The number of carbonyl (C=O) groups is 2. The minimum Gasteiger partial charge on any atom is -0.478 e. The molecule has 1 aliphatic heterocycles. The molecular formula is C14H15N3O3. The van der Waals surface area contributed by atoms with Crippen LogP contribution in [0.5, 0.6) is 0 Å². The summed E-state index contributed by atoms with van der Waals surface area (Å²) < 4.78 is 0. The van der Waals surface area contributed by atoms with E-state index in [1.54, 1.807) is 18.2 Å². The molecule has 0 atom stereocenters. The molecule has 0 saturated heterocycles. The van der Waals surface area contributed by atoms with E-state index in [0.717, 1.165) is 17.7 Å². The van der Waals surface area contributed by atoms with Crippen molar-refractivity contribution in [1.29, 1.82) is 5.26 Å². The molecule has 0 aromatic heterocycles. The monoisotopic (exact) mass is 273 g/mol. The third kappa shape index (κ3) is 3.06. The van der Waals surface area contributed by atoms with Crippen LogP contribution in [-0.4, -0.2) is 36.6 Å². The van der Waals surface area contributed by atoms with Gasteiger partial charge in [0.1, 0.15) is 0 Å². The predicted molar refractivity (Wildman–Crippen MR) is 72.6 cm³/mol. The van der Waals surface area contributed by atoms with Gasteiger partial charge in [0.2, 0.25) is 5.91 Å². The van der Waals surface area contributed by atoms with Crippen LogP contribution in [0.25, 0.3) is 0 Å². The number of carbonyl (C=O) groups excluding carboxylic acids is 1. The highest BCUT2D eigenvalue weighted by Crippen LogP contribution is 2.28. The molecule has 0 radical (unpaired) electrons. The van der Waals surface area contributed by atoms with E-state index in [2.05, 4.69) is 5.32 Å². The van der Waals surface area contributed by atoms with Crippen molar-refractivity contribution in [3.63, 3.8) is 0 Å². The van der Waals surface area contributed by atoms with Crippen LogP contribution in [0, 0.1) is 11.3 Å². The van der Waals surface area contributed by atoms with Crippen molar-refractivity contribution in [2.75, 3.05) is 24.5 Å². The van der Waals surface area contributed by atoms with Gasteiger partial charge >= 0.3 is 5.97 Å². The summed E-state index contributed by atoms with van der Waals surface area (Å²) in [6, 6.07) is 6.92.